The minimum atomic E-state index is -0.407. The number of carbonyl (C=O) groups excluding carboxylic acids is 1. The van der Waals surface area contributed by atoms with Crippen molar-refractivity contribution in [3.05, 3.63) is 11.6 Å². The van der Waals surface area contributed by atoms with Crippen molar-refractivity contribution in [3.63, 3.8) is 0 Å². The van der Waals surface area contributed by atoms with Crippen molar-refractivity contribution in [1.29, 1.82) is 0 Å². The van der Waals surface area contributed by atoms with Crippen molar-refractivity contribution in [2.24, 2.45) is 5.92 Å². The summed E-state index contributed by atoms with van der Waals surface area (Å²) >= 11 is 0. The Morgan fingerprint density at radius 3 is 2.25 bits per heavy atom. The van der Waals surface area contributed by atoms with Crippen molar-refractivity contribution in [3.8, 4) is 0 Å². The number of ether oxygens (including phenoxy) is 1. The van der Waals surface area contributed by atoms with Gasteiger partial charge in [0.25, 0.3) is 0 Å². The van der Waals surface area contributed by atoms with Crippen molar-refractivity contribution in [2.75, 3.05) is 0 Å². The molecule has 2 heteroatoms. The normalized spacial score (nSPS) is 13.1. The van der Waals surface area contributed by atoms with Gasteiger partial charge in [-0.2, -0.15) is 0 Å². The largest absolute Gasteiger partial charge is 0.457 e. The first-order valence-electron chi connectivity index (χ1n) is 6.21. The minimum Gasteiger partial charge on any atom is -0.457 e. The van der Waals surface area contributed by atoms with Crippen LogP contribution in [0, 0.1) is 5.92 Å². The van der Waals surface area contributed by atoms with E-state index < -0.39 is 5.60 Å². The van der Waals surface area contributed by atoms with Gasteiger partial charge in [0.15, 0.2) is 0 Å². The Morgan fingerprint density at radius 1 is 1.31 bits per heavy atom. The molecule has 0 saturated heterocycles. The second kappa shape index (κ2) is 6.72. The van der Waals surface area contributed by atoms with E-state index in [1.54, 1.807) is 0 Å². The lowest BCUT2D eigenvalue weighted by molar-refractivity contribution is -0.150. The van der Waals surface area contributed by atoms with Gasteiger partial charge in [-0.15, -0.1) is 0 Å². The van der Waals surface area contributed by atoms with E-state index in [1.165, 1.54) is 0 Å². The molecular weight excluding hydrogens is 200 g/mol. The average molecular weight is 226 g/mol. The molecule has 0 rings (SSSR count). The molecule has 16 heavy (non-hydrogen) atoms. The predicted molar refractivity (Wildman–Crippen MR) is 68.3 cm³/mol. The van der Waals surface area contributed by atoms with E-state index in [-0.39, 0.29) is 11.9 Å². The van der Waals surface area contributed by atoms with Crippen molar-refractivity contribution in [2.45, 2.75) is 66.4 Å². The van der Waals surface area contributed by atoms with Crippen molar-refractivity contribution >= 4 is 5.97 Å². The zero-order chi connectivity index (χ0) is 12.8. The Morgan fingerprint density at radius 2 is 1.88 bits per heavy atom. The maximum atomic E-state index is 11.9. The molecule has 0 atom stereocenters. The lowest BCUT2D eigenvalue weighted by Crippen LogP contribution is -2.26. The topological polar surface area (TPSA) is 26.3 Å². The van der Waals surface area contributed by atoms with Crippen LogP contribution < -0.4 is 0 Å². The van der Waals surface area contributed by atoms with Gasteiger partial charge in [0.05, 0.1) is 0 Å². The van der Waals surface area contributed by atoms with Crippen LogP contribution in [0.15, 0.2) is 11.6 Å². The molecule has 0 amide bonds. The quantitative estimate of drug-likeness (QED) is 0.401. The molecule has 2 nitrogen and oxygen atoms in total. The summed E-state index contributed by atoms with van der Waals surface area (Å²) in [7, 11) is 0. The minimum absolute atomic E-state index is 0.168. The molecule has 0 heterocycles. The summed E-state index contributed by atoms with van der Waals surface area (Å²) in [6, 6.07) is 0. The van der Waals surface area contributed by atoms with Crippen LogP contribution in [0.3, 0.4) is 0 Å². The Balaban J connectivity index is 4.54. The number of esters is 1. The van der Waals surface area contributed by atoms with Gasteiger partial charge in [-0.25, -0.2) is 4.79 Å². The van der Waals surface area contributed by atoms with Crippen molar-refractivity contribution in [1.82, 2.24) is 0 Å². The zero-order valence-corrected chi connectivity index (χ0v) is 11.6. The first-order valence-corrected chi connectivity index (χ1v) is 6.21. The van der Waals surface area contributed by atoms with Crippen LogP contribution >= 0.6 is 0 Å². The third-order valence-corrected chi connectivity index (χ3v) is 2.18. The summed E-state index contributed by atoms with van der Waals surface area (Å²) in [5, 5.41) is 0. The molecular formula is C14H26O2. The fourth-order valence-electron chi connectivity index (χ4n) is 1.35. The average Bonchev–Trinajstić information content (AvgIpc) is 2.08. The predicted octanol–water partition coefficient (Wildman–Crippen LogP) is 4.10. The van der Waals surface area contributed by atoms with Gasteiger partial charge in [0.1, 0.15) is 5.60 Å². The molecule has 0 aromatic rings. The molecule has 0 aromatic carbocycles. The Hall–Kier alpha value is -0.790. The number of carbonyl (C=O) groups is 1. The van der Waals surface area contributed by atoms with Crippen LogP contribution in [-0.4, -0.2) is 11.6 Å². The summed E-state index contributed by atoms with van der Waals surface area (Å²) in [4.78, 5) is 11.9. The van der Waals surface area contributed by atoms with E-state index in [0.29, 0.717) is 0 Å². The summed E-state index contributed by atoms with van der Waals surface area (Å²) < 4.78 is 5.38. The standard InChI is InChI=1S/C14H26O2/c1-7-8-9-10-12(11(2)3)13(15)16-14(4,5)6/h10-11H,7-9H2,1-6H3. The number of allylic oxidation sites excluding steroid dienone is 1. The number of unbranched alkanes of at least 4 members (excludes halogenated alkanes) is 2. The number of rotatable bonds is 5. The summed E-state index contributed by atoms with van der Waals surface area (Å²) in [6.45, 7) is 11.9. The molecule has 0 radical (unpaired) electrons. The van der Waals surface area contributed by atoms with E-state index >= 15 is 0 Å². The fourth-order valence-corrected chi connectivity index (χ4v) is 1.35. The molecule has 94 valence electrons. The molecule has 0 bridgehead atoms. The SMILES string of the molecule is CCCCC=C(C(=O)OC(C)(C)C)C(C)C. The zero-order valence-electron chi connectivity index (χ0n) is 11.6. The molecule has 0 aliphatic rings. The third kappa shape index (κ3) is 6.65. The maximum absolute atomic E-state index is 11.9. The van der Waals surface area contributed by atoms with Crippen LogP contribution in [0.25, 0.3) is 0 Å². The first kappa shape index (κ1) is 15.2. The Labute approximate surface area is 100 Å². The van der Waals surface area contributed by atoms with E-state index in [0.717, 1.165) is 24.8 Å². The van der Waals surface area contributed by atoms with E-state index in [9.17, 15) is 4.79 Å². The van der Waals surface area contributed by atoms with Crippen molar-refractivity contribution < 1.29 is 9.53 Å². The lowest BCUT2D eigenvalue weighted by atomic mass is 10.0. The van der Waals surface area contributed by atoms with Crippen LogP contribution in [-0.2, 0) is 9.53 Å². The smallest absolute Gasteiger partial charge is 0.334 e. The summed E-state index contributed by atoms with van der Waals surface area (Å²) in [5.41, 5.74) is 0.402. The molecule has 0 unspecified atom stereocenters. The highest BCUT2D eigenvalue weighted by molar-refractivity contribution is 5.89. The Bertz CT molecular complexity index is 244. The van der Waals surface area contributed by atoms with Gasteiger partial charge in [0, 0.05) is 5.57 Å². The molecule has 0 saturated carbocycles. The first-order chi connectivity index (χ1) is 7.28. The number of hydrogen-bond donors (Lipinski definition) is 0. The van der Waals surface area contributed by atoms with Gasteiger partial charge < -0.3 is 4.74 Å². The van der Waals surface area contributed by atoms with E-state index in [1.807, 2.05) is 40.7 Å². The molecule has 0 aliphatic heterocycles. The fraction of sp³-hybridized carbons (Fsp3) is 0.786. The second-order valence-corrected chi connectivity index (χ2v) is 5.46. The second-order valence-electron chi connectivity index (χ2n) is 5.46. The van der Waals surface area contributed by atoms with Crippen LogP contribution in [0.5, 0.6) is 0 Å². The van der Waals surface area contributed by atoms with Crippen LogP contribution in [0.4, 0.5) is 0 Å². The molecule has 0 spiro atoms. The monoisotopic (exact) mass is 226 g/mol. The summed E-state index contributed by atoms with van der Waals surface area (Å²) in [5.74, 6) is 0.0605. The third-order valence-electron chi connectivity index (χ3n) is 2.18. The van der Waals surface area contributed by atoms with Crippen LogP contribution in [0.1, 0.15) is 60.8 Å². The number of hydrogen-bond acceptors (Lipinski definition) is 2. The summed E-state index contributed by atoms with van der Waals surface area (Å²) in [6.07, 6.45) is 5.26. The molecule has 0 aliphatic carbocycles. The highest BCUT2D eigenvalue weighted by Gasteiger charge is 2.21. The molecule has 0 fully saturated rings. The van der Waals surface area contributed by atoms with Gasteiger partial charge in [0.2, 0.25) is 0 Å². The van der Waals surface area contributed by atoms with E-state index in [2.05, 4.69) is 6.92 Å². The van der Waals surface area contributed by atoms with Gasteiger partial charge in [-0.1, -0.05) is 39.7 Å². The van der Waals surface area contributed by atoms with Crippen LogP contribution in [0.2, 0.25) is 0 Å². The highest BCUT2D eigenvalue weighted by atomic mass is 16.6. The van der Waals surface area contributed by atoms with Gasteiger partial charge in [-0.05, 0) is 33.1 Å². The van der Waals surface area contributed by atoms with Gasteiger partial charge in [-0.3, -0.25) is 0 Å². The highest BCUT2D eigenvalue weighted by Crippen LogP contribution is 2.18. The van der Waals surface area contributed by atoms with Gasteiger partial charge >= 0.3 is 5.97 Å². The van der Waals surface area contributed by atoms with E-state index in [4.69, 9.17) is 4.74 Å². The maximum Gasteiger partial charge on any atom is 0.334 e. The molecule has 0 N–H and O–H groups in total. The molecule has 0 aromatic heterocycles. The lowest BCUT2D eigenvalue weighted by Gasteiger charge is -2.21. The Kier molecular flexibility index (Phi) is 6.39.